The van der Waals surface area contributed by atoms with Crippen LogP contribution in [0.4, 0.5) is 10.1 Å². The number of benzene rings is 2. The van der Waals surface area contributed by atoms with Gasteiger partial charge in [-0.1, -0.05) is 16.8 Å². The van der Waals surface area contributed by atoms with Crippen molar-refractivity contribution in [2.24, 2.45) is 0 Å². The van der Waals surface area contributed by atoms with E-state index in [9.17, 15) is 17.6 Å². The standard InChI is InChI=1S/C20H19ClFN3O4S/c1-12-18(13(2)29-24-12)11-23-20(26)17-10-16(8-9-19(17)21)30(27,28)25(3)15-6-4-14(22)5-7-15/h4-10H,11H2,1-3H3,(H,23,26). The number of aryl methyl sites for hydroxylation is 2. The van der Waals surface area contributed by atoms with Gasteiger partial charge in [0.2, 0.25) is 0 Å². The molecule has 0 saturated heterocycles. The number of carbonyl (C=O) groups is 1. The highest BCUT2D eigenvalue weighted by Crippen LogP contribution is 2.26. The van der Waals surface area contributed by atoms with Gasteiger partial charge in [0.15, 0.2) is 0 Å². The summed E-state index contributed by atoms with van der Waals surface area (Å²) < 4.78 is 45.2. The molecule has 0 aliphatic rings. The van der Waals surface area contributed by atoms with Crippen molar-refractivity contribution in [1.29, 1.82) is 0 Å². The lowest BCUT2D eigenvalue weighted by molar-refractivity contribution is 0.0950. The van der Waals surface area contributed by atoms with Crippen LogP contribution >= 0.6 is 11.6 Å². The van der Waals surface area contributed by atoms with Crippen LogP contribution in [-0.2, 0) is 16.6 Å². The Morgan fingerprint density at radius 2 is 1.87 bits per heavy atom. The number of carbonyl (C=O) groups excluding carboxylic acids is 1. The minimum Gasteiger partial charge on any atom is -0.361 e. The molecule has 7 nitrogen and oxygen atoms in total. The monoisotopic (exact) mass is 451 g/mol. The maximum Gasteiger partial charge on any atom is 0.264 e. The first-order valence-corrected chi connectivity index (χ1v) is 10.7. The lowest BCUT2D eigenvalue weighted by Gasteiger charge is -2.20. The average Bonchev–Trinajstić information content (AvgIpc) is 3.03. The van der Waals surface area contributed by atoms with Gasteiger partial charge in [-0.15, -0.1) is 0 Å². The molecule has 0 aliphatic carbocycles. The summed E-state index contributed by atoms with van der Waals surface area (Å²) in [7, 11) is -2.66. The molecule has 1 N–H and O–H groups in total. The third-order valence-corrected chi connectivity index (χ3v) is 6.75. The summed E-state index contributed by atoms with van der Waals surface area (Å²) in [5, 5.41) is 6.63. The van der Waals surface area contributed by atoms with Crippen LogP contribution in [0.1, 0.15) is 27.4 Å². The summed E-state index contributed by atoms with van der Waals surface area (Å²) >= 11 is 6.14. The molecule has 158 valence electrons. The lowest BCUT2D eigenvalue weighted by atomic mass is 10.2. The van der Waals surface area contributed by atoms with Crippen molar-refractivity contribution >= 4 is 33.2 Å². The van der Waals surface area contributed by atoms with Gasteiger partial charge in [0.05, 0.1) is 26.9 Å². The number of halogens is 2. The van der Waals surface area contributed by atoms with Crippen molar-refractivity contribution in [3.8, 4) is 0 Å². The minimum absolute atomic E-state index is 0.0111. The first kappa shape index (κ1) is 21.8. The number of nitrogens with zero attached hydrogens (tertiary/aromatic N) is 2. The van der Waals surface area contributed by atoms with Crippen LogP contribution in [0.5, 0.6) is 0 Å². The second-order valence-corrected chi connectivity index (χ2v) is 8.95. The van der Waals surface area contributed by atoms with Crippen LogP contribution in [0.15, 0.2) is 51.9 Å². The van der Waals surface area contributed by atoms with Crippen LogP contribution < -0.4 is 9.62 Å². The first-order chi connectivity index (χ1) is 14.1. The van der Waals surface area contributed by atoms with Crippen molar-refractivity contribution in [3.05, 3.63) is 75.9 Å². The zero-order valence-corrected chi connectivity index (χ0v) is 18.0. The molecule has 0 aliphatic heterocycles. The summed E-state index contributed by atoms with van der Waals surface area (Å²) in [5.41, 5.74) is 1.67. The molecular weight excluding hydrogens is 433 g/mol. The molecule has 30 heavy (non-hydrogen) atoms. The molecule has 3 aromatic rings. The fourth-order valence-electron chi connectivity index (χ4n) is 2.80. The van der Waals surface area contributed by atoms with Crippen LogP contribution in [-0.4, -0.2) is 26.5 Å². The molecule has 1 heterocycles. The minimum atomic E-state index is -4.00. The van der Waals surface area contributed by atoms with E-state index < -0.39 is 21.7 Å². The van der Waals surface area contributed by atoms with Crippen LogP contribution in [0.2, 0.25) is 5.02 Å². The molecule has 0 atom stereocenters. The Balaban J connectivity index is 1.86. The Bertz CT molecular complexity index is 1170. The van der Waals surface area contributed by atoms with Crippen LogP contribution in [0.25, 0.3) is 0 Å². The predicted octanol–water partition coefficient (Wildman–Crippen LogP) is 3.84. The fraction of sp³-hybridized carbons (Fsp3) is 0.200. The number of amides is 1. The second kappa shape index (κ2) is 8.45. The summed E-state index contributed by atoms with van der Waals surface area (Å²) in [4.78, 5) is 12.5. The Labute approximate surface area is 178 Å². The van der Waals surface area contributed by atoms with Gasteiger partial charge >= 0.3 is 0 Å². The molecule has 1 amide bonds. The molecular formula is C20H19ClFN3O4S. The van der Waals surface area contributed by atoms with E-state index >= 15 is 0 Å². The molecule has 0 bridgehead atoms. The Hall–Kier alpha value is -2.91. The van der Waals surface area contributed by atoms with E-state index in [1.165, 1.54) is 37.4 Å². The molecule has 0 radical (unpaired) electrons. The maximum atomic E-state index is 13.1. The van der Waals surface area contributed by atoms with Gasteiger partial charge in [0, 0.05) is 19.2 Å². The molecule has 0 saturated carbocycles. The molecule has 0 spiro atoms. The van der Waals surface area contributed by atoms with E-state index in [0.717, 1.165) is 22.0 Å². The number of sulfonamides is 1. The molecule has 3 rings (SSSR count). The third kappa shape index (κ3) is 4.31. The number of hydrogen-bond acceptors (Lipinski definition) is 5. The summed E-state index contributed by atoms with van der Waals surface area (Å²) in [6.45, 7) is 3.64. The Morgan fingerprint density at radius 3 is 2.47 bits per heavy atom. The molecule has 0 unspecified atom stereocenters. The first-order valence-electron chi connectivity index (χ1n) is 8.85. The largest absolute Gasteiger partial charge is 0.361 e. The Morgan fingerprint density at radius 1 is 1.20 bits per heavy atom. The summed E-state index contributed by atoms with van der Waals surface area (Å²) in [6.07, 6.45) is 0. The Kier molecular flexibility index (Phi) is 6.14. The molecule has 10 heteroatoms. The summed E-state index contributed by atoms with van der Waals surface area (Å²) in [6, 6.07) is 8.88. The highest BCUT2D eigenvalue weighted by atomic mass is 35.5. The van der Waals surface area contributed by atoms with Crippen molar-refractivity contribution in [3.63, 3.8) is 0 Å². The topological polar surface area (TPSA) is 92.5 Å². The van der Waals surface area contributed by atoms with Crippen LogP contribution in [0, 0.1) is 19.7 Å². The number of nitrogens with one attached hydrogen (secondary N) is 1. The van der Waals surface area contributed by atoms with E-state index in [2.05, 4.69) is 10.5 Å². The number of aromatic nitrogens is 1. The molecule has 1 aromatic heterocycles. The zero-order chi connectivity index (χ0) is 22.1. The van der Waals surface area contributed by atoms with Crippen molar-refractivity contribution in [2.45, 2.75) is 25.3 Å². The number of rotatable bonds is 6. The third-order valence-electron chi connectivity index (χ3n) is 4.64. The van der Waals surface area contributed by atoms with Gasteiger partial charge in [-0.3, -0.25) is 9.10 Å². The number of hydrogen-bond donors (Lipinski definition) is 1. The van der Waals surface area contributed by atoms with E-state index in [-0.39, 0.29) is 27.7 Å². The number of anilines is 1. The molecule has 0 fully saturated rings. The highest BCUT2D eigenvalue weighted by molar-refractivity contribution is 7.92. The van der Waals surface area contributed by atoms with Crippen molar-refractivity contribution < 1.29 is 22.1 Å². The quantitative estimate of drug-likeness (QED) is 0.614. The average molecular weight is 452 g/mol. The van der Waals surface area contributed by atoms with Gasteiger partial charge < -0.3 is 9.84 Å². The zero-order valence-electron chi connectivity index (χ0n) is 16.4. The van der Waals surface area contributed by atoms with Gasteiger partial charge in [-0.25, -0.2) is 12.8 Å². The van der Waals surface area contributed by atoms with Crippen molar-refractivity contribution in [2.75, 3.05) is 11.4 Å². The van der Waals surface area contributed by atoms with Crippen molar-refractivity contribution in [1.82, 2.24) is 10.5 Å². The SMILES string of the molecule is Cc1noc(C)c1CNC(=O)c1cc(S(=O)(=O)N(C)c2ccc(F)cc2)ccc1Cl. The second-order valence-electron chi connectivity index (χ2n) is 6.58. The predicted molar refractivity (Wildman–Crippen MR) is 111 cm³/mol. The van der Waals surface area contributed by atoms with E-state index in [1.807, 2.05) is 0 Å². The smallest absolute Gasteiger partial charge is 0.264 e. The summed E-state index contributed by atoms with van der Waals surface area (Å²) in [5.74, 6) is -0.439. The van der Waals surface area contributed by atoms with Gasteiger partial charge in [0.25, 0.3) is 15.9 Å². The molecule has 2 aromatic carbocycles. The van der Waals surface area contributed by atoms with E-state index in [0.29, 0.717) is 11.5 Å². The van der Waals surface area contributed by atoms with Gasteiger partial charge in [-0.05, 0) is 56.3 Å². The van der Waals surface area contributed by atoms with E-state index in [4.69, 9.17) is 16.1 Å². The lowest BCUT2D eigenvalue weighted by Crippen LogP contribution is -2.28. The van der Waals surface area contributed by atoms with Crippen LogP contribution in [0.3, 0.4) is 0 Å². The van der Waals surface area contributed by atoms with Gasteiger partial charge in [0.1, 0.15) is 11.6 Å². The normalized spacial score (nSPS) is 11.4. The van der Waals surface area contributed by atoms with Gasteiger partial charge in [-0.2, -0.15) is 0 Å². The maximum absolute atomic E-state index is 13.1. The fourth-order valence-corrected chi connectivity index (χ4v) is 4.23. The highest BCUT2D eigenvalue weighted by Gasteiger charge is 2.24. The van der Waals surface area contributed by atoms with E-state index in [1.54, 1.807) is 13.8 Å².